The third-order valence-electron chi connectivity index (χ3n) is 3.88. The summed E-state index contributed by atoms with van der Waals surface area (Å²) in [7, 11) is 0. The Labute approximate surface area is 165 Å². The molecule has 2 heterocycles. The highest BCUT2D eigenvalue weighted by Crippen LogP contribution is 2.29. The minimum absolute atomic E-state index is 0.0287. The number of carbonyl (C=O) groups is 2. The van der Waals surface area contributed by atoms with Crippen LogP contribution in [0, 0.1) is 6.92 Å². The maximum Gasteiger partial charge on any atom is 0.416 e. The fourth-order valence-electron chi connectivity index (χ4n) is 2.45. The van der Waals surface area contributed by atoms with Gasteiger partial charge in [-0.25, -0.2) is 4.98 Å². The molecule has 0 bridgehead atoms. The van der Waals surface area contributed by atoms with Crippen molar-refractivity contribution in [2.45, 2.75) is 19.7 Å². The number of amides is 1. The number of carbonyl (C=O) groups excluding carboxylic acids is 2. The van der Waals surface area contributed by atoms with Crippen LogP contribution in [0.1, 0.15) is 27.3 Å². The minimum atomic E-state index is -4.50. The SMILES string of the molecule is Cc1csc2nc(COC(=O)CNC(=O)c3ccc(C(F)(F)F)cc3)cc(=O)n12. The standard InChI is InChI=1S/C18H14F3N3O4S/c1-10-9-29-17-23-13(6-14(25)24(10)17)8-28-15(26)7-22-16(27)11-2-4-12(5-3-11)18(19,20)21/h2-6,9H,7-8H2,1H3,(H,22,27). The van der Waals surface area contributed by atoms with Crippen molar-refractivity contribution in [3.8, 4) is 0 Å². The zero-order chi connectivity index (χ0) is 21.2. The van der Waals surface area contributed by atoms with Gasteiger partial charge in [0, 0.05) is 22.7 Å². The van der Waals surface area contributed by atoms with Crippen molar-refractivity contribution < 1.29 is 27.5 Å². The average molecular weight is 425 g/mol. The summed E-state index contributed by atoms with van der Waals surface area (Å²) in [5, 5.41) is 4.03. The third-order valence-corrected chi connectivity index (χ3v) is 4.82. The number of rotatable bonds is 5. The molecular weight excluding hydrogens is 411 g/mol. The van der Waals surface area contributed by atoms with Gasteiger partial charge in [0.1, 0.15) is 13.2 Å². The highest BCUT2D eigenvalue weighted by molar-refractivity contribution is 7.15. The van der Waals surface area contributed by atoms with Gasteiger partial charge >= 0.3 is 12.1 Å². The molecule has 1 amide bonds. The number of hydrogen-bond donors (Lipinski definition) is 1. The lowest BCUT2D eigenvalue weighted by molar-refractivity contribution is -0.143. The molecule has 0 fully saturated rings. The van der Waals surface area contributed by atoms with E-state index in [1.807, 2.05) is 0 Å². The Morgan fingerprint density at radius 1 is 1.24 bits per heavy atom. The molecule has 3 rings (SSSR count). The molecule has 0 radical (unpaired) electrons. The van der Waals surface area contributed by atoms with Crippen molar-refractivity contribution in [2.75, 3.05) is 6.54 Å². The number of nitrogens with zero attached hydrogens (tertiary/aromatic N) is 2. The molecule has 1 aromatic carbocycles. The summed E-state index contributed by atoms with van der Waals surface area (Å²) >= 11 is 1.27. The largest absolute Gasteiger partial charge is 0.458 e. The molecule has 0 unspecified atom stereocenters. The van der Waals surface area contributed by atoms with E-state index in [-0.39, 0.29) is 23.4 Å². The molecule has 0 saturated heterocycles. The maximum atomic E-state index is 12.5. The number of aryl methyl sites for hydroxylation is 1. The van der Waals surface area contributed by atoms with Crippen LogP contribution in [0.4, 0.5) is 13.2 Å². The highest BCUT2D eigenvalue weighted by Gasteiger charge is 2.30. The summed E-state index contributed by atoms with van der Waals surface area (Å²) in [6.07, 6.45) is -4.50. The molecular formula is C18H14F3N3O4S. The van der Waals surface area contributed by atoms with E-state index in [0.29, 0.717) is 4.96 Å². The normalized spacial score (nSPS) is 11.4. The van der Waals surface area contributed by atoms with Crippen molar-refractivity contribution >= 4 is 28.2 Å². The first-order valence-electron chi connectivity index (χ1n) is 8.23. The van der Waals surface area contributed by atoms with Crippen LogP contribution in [0.15, 0.2) is 40.5 Å². The molecule has 0 saturated carbocycles. The van der Waals surface area contributed by atoms with Crippen LogP contribution in [-0.4, -0.2) is 27.8 Å². The Morgan fingerprint density at radius 2 is 1.93 bits per heavy atom. The summed E-state index contributed by atoms with van der Waals surface area (Å²) < 4.78 is 44.0. The zero-order valence-electron chi connectivity index (χ0n) is 14.9. The maximum absolute atomic E-state index is 12.5. The van der Waals surface area contributed by atoms with E-state index in [4.69, 9.17) is 4.74 Å². The fourth-order valence-corrected chi connectivity index (χ4v) is 3.34. The van der Waals surface area contributed by atoms with Crippen molar-refractivity contribution in [3.05, 3.63) is 68.6 Å². The molecule has 2 aromatic heterocycles. The van der Waals surface area contributed by atoms with Gasteiger partial charge < -0.3 is 10.1 Å². The van der Waals surface area contributed by atoms with Gasteiger partial charge in [0.25, 0.3) is 11.5 Å². The van der Waals surface area contributed by atoms with Gasteiger partial charge in [0.05, 0.1) is 11.3 Å². The molecule has 11 heteroatoms. The van der Waals surface area contributed by atoms with Gasteiger partial charge in [-0.15, -0.1) is 11.3 Å². The van der Waals surface area contributed by atoms with Gasteiger partial charge in [-0.3, -0.25) is 18.8 Å². The Morgan fingerprint density at radius 3 is 2.59 bits per heavy atom. The summed E-state index contributed by atoms with van der Waals surface area (Å²) in [6, 6.07) is 4.83. The van der Waals surface area contributed by atoms with E-state index in [1.165, 1.54) is 21.8 Å². The number of aromatic nitrogens is 2. The number of benzene rings is 1. The number of hydrogen-bond acceptors (Lipinski definition) is 6. The number of fused-ring (bicyclic) bond motifs is 1. The van der Waals surface area contributed by atoms with Crippen LogP contribution in [-0.2, 0) is 22.3 Å². The van der Waals surface area contributed by atoms with E-state index in [1.54, 1.807) is 12.3 Å². The topological polar surface area (TPSA) is 89.8 Å². The Hall–Kier alpha value is -3.21. The first-order chi connectivity index (χ1) is 13.6. The summed E-state index contributed by atoms with van der Waals surface area (Å²) in [5.74, 6) is -1.50. The minimum Gasteiger partial charge on any atom is -0.458 e. The number of halogens is 3. The Balaban J connectivity index is 1.53. The highest BCUT2D eigenvalue weighted by atomic mass is 32.1. The first-order valence-corrected chi connectivity index (χ1v) is 9.11. The predicted octanol–water partition coefficient (Wildman–Crippen LogP) is 2.56. The molecule has 3 aromatic rings. The Bertz CT molecular complexity index is 1120. The first kappa shape index (κ1) is 20.5. The number of nitrogens with one attached hydrogen (secondary N) is 1. The van der Waals surface area contributed by atoms with Gasteiger partial charge in [-0.1, -0.05) is 0 Å². The van der Waals surface area contributed by atoms with Gasteiger partial charge in [0.2, 0.25) is 0 Å². The second kappa shape index (κ2) is 8.03. The van der Waals surface area contributed by atoms with Crippen LogP contribution < -0.4 is 10.9 Å². The molecule has 0 atom stereocenters. The smallest absolute Gasteiger partial charge is 0.416 e. The molecule has 29 heavy (non-hydrogen) atoms. The molecule has 0 spiro atoms. The summed E-state index contributed by atoms with van der Waals surface area (Å²) in [5.41, 5.74) is -0.194. The fraction of sp³-hybridized carbons (Fsp3) is 0.222. The third kappa shape index (κ3) is 4.80. The second-order valence-corrected chi connectivity index (χ2v) is 6.84. The van der Waals surface area contributed by atoms with Crippen molar-refractivity contribution in [3.63, 3.8) is 0 Å². The van der Waals surface area contributed by atoms with Gasteiger partial charge in [0.15, 0.2) is 4.96 Å². The molecule has 152 valence electrons. The predicted molar refractivity (Wildman–Crippen MR) is 97.6 cm³/mol. The summed E-state index contributed by atoms with van der Waals surface area (Å²) in [4.78, 5) is 40.5. The van der Waals surface area contributed by atoms with Crippen molar-refractivity contribution in [2.24, 2.45) is 0 Å². The van der Waals surface area contributed by atoms with E-state index in [0.717, 1.165) is 30.0 Å². The molecule has 7 nitrogen and oxygen atoms in total. The van der Waals surface area contributed by atoms with E-state index >= 15 is 0 Å². The van der Waals surface area contributed by atoms with Crippen molar-refractivity contribution in [1.29, 1.82) is 0 Å². The Kier molecular flexibility index (Phi) is 5.69. The van der Waals surface area contributed by atoms with Crippen LogP contribution >= 0.6 is 11.3 Å². The monoisotopic (exact) mass is 425 g/mol. The van der Waals surface area contributed by atoms with Gasteiger partial charge in [-0.2, -0.15) is 13.2 Å². The quantitative estimate of drug-likeness (QED) is 0.635. The van der Waals surface area contributed by atoms with Gasteiger partial charge in [-0.05, 0) is 31.2 Å². The van der Waals surface area contributed by atoms with E-state index < -0.39 is 30.2 Å². The molecule has 0 aliphatic carbocycles. The van der Waals surface area contributed by atoms with E-state index in [9.17, 15) is 27.6 Å². The van der Waals surface area contributed by atoms with Crippen molar-refractivity contribution in [1.82, 2.24) is 14.7 Å². The lowest BCUT2D eigenvalue weighted by atomic mass is 10.1. The number of alkyl halides is 3. The van der Waals surface area contributed by atoms with Crippen LogP contribution in [0.25, 0.3) is 4.96 Å². The van der Waals surface area contributed by atoms with Crippen LogP contribution in [0.2, 0.25) is 0 Å². The summed E-state index contributed by atoms with van der Waals surface area (Å²) in [6.45, 7) is 1.03. The van der Waals surface area contributed by atoms with Crippen LogP contribution in [0.3, 0.4) is 0 Å². The second-order valence-electron chi connectivity index (χ2n) is 6.00. The average Bonchev–Trinajstić information content (AvgIpc) is 3.05. The number of thiazole rings is 1. The number of ether oxygens (including phenoxy) is 1. The molecule has 1 N–H and O–H groups in total. The lowest BCUT2D eigenvalue weighted by Gasteiger charge is -2.08. The number of esters is 1. The zero-order valence-corrected chi connectivity index (χ0v) is 15.8. The molecule has 0 aliphatic rings. The van der Waals surface area contributed by atoms with Crippen LogP contribution in [0.5, 0.6) is 0 Å². The molecule has 0 aliphatic heterocycles. The van der Waals surface area contributed by atoms with E-state index in [2.05, 4.69) is 10.3 Å². The lowest BCUT2D eigenvalue weighted by Crippen LogP contribution is -2.30.